The van der Waals surface area contributed by atoms with Gasteiger partial charge in [-0.3, -0.25) is 9.59 Å². The summed E-state index contributed by atoms with van der Waals surface area (Å²) in [5.41, 5.74) is 0.665. The van der Waals surface area contributed by atoms with E-state index in [1.165, 1.54) is 4.90 Å². The lowest BCUT2D eigenvalue weighted by Gasteiger charge is -2.24. The third-order valence-electron chi connectivity index (χ3n) is 4.71. The van der Waals surface area contributed by atoms with Crippen LogP contribution in [0.3, 0.4) is 0 Å². The van der Waals surface area contributed by atoms with Gasteiger partial charge in [0.2, 0.25) is 11.8 Å². The Hall–Kier alpha value is -2.30. The highest BCUT2D eigenvalue weighted by Crippen LogP contribution is 2.44. The van der Waals surface area contributed by atoms with Gasteiger partial charge in [-0.05, 0) is 36.8 Å². The van der Waals surface area contributed by atoms with Crippen LogP contribution >= 0.6 is 0 Å². The van der Waals surface area contributed by atoms with Gasteiger partial charge < -0.3 is 15.0 Å². The summed E-state index contributed by atoms with van der Waals surface area (Å²) in [5, 5.41) is 2.80. The number of carbonyl (C=O) groups is 2. The molecule has 1 N–H and O–H groups in total. The molecule has 0 radical (unpaired) electrons. The Bertz CT molecular complexity index is 641. The van der Waals surface area contributed by atoms with Gasteiger partial charge in [-0.1, -0.05) is 18.2 Å². The maximum atomic E-state index is 12.5. The molecule has 1 fully saturated rings. The highest BCUT2D eigenvalue weighted by Gasteiger charge is 2.41. The molecule has 5 heteroatoms. The average Bonchev–Trinajstić information content (AvgIpc) is 3.17. The van der Waals surface area contributed by atoms with Gasteiger partial charge in [-0.2, -0.15) is 0 Å². The van der Waals surface area contributed by atoms with Crippen molar-refractivity contribution in [3.63, 3.8) is 0 Å². The molecule has 1 aromatic carbocycles. The van der Waals surface area contributed by atoms with E-state index < -0.39 is 0 Å². The summed E-state index contributed by atoms with van der Waals surface area (Å²) >= 11 is 0. The summed E-state index contributed by atoms with van der Waals surface area (Å²) < 4.78 is 5.13. The number of nitrogens with one attached hydrogen (secondary N) is 1. The normalized spacial score (nSPS) is 24.5. The quantitative estimate of drug-likeness (QED) is 0.849. The van der Waals surface area contributed by atoms with Crippen LogP contribution in [-0.2, 0) is 9.59 Å². The molecule has 122 valence electrons. The molecule has 3 atom stereocenters. The Kier molecular flexibility index (Phi) is 4.37. The summed E-state index contributed by atoms with van der Waals surface area (Å²) in [6, 6.07) is 7.17. The smallest absolute Gasteiger partial charge is 0.243 e. The first-order chi connectivity index (χ1) is 11.1. The molecule has 0 saturated heterocycles. The van der Waals surface area contributed by atoms with Crippen molar-refractivity contribution in [2.75, 3.05) is 26.0 Å². The topological polar surface area (TPSA) is 58.6 Å². The molecular formula is C18H22N2O3. The van der Waals surface area contributed by atoms with Crippen LogP contribution in [0.15, 0.2) is 36.4 Å². The third-order valence-corrected chi connectivity index (χ3v) is 4.71. The number of methoxy groups -OCH3 is 1. The Labute approximate surface area is 136 Å². The van der Waals surface area contributed by atoms with Gasteiger partial charge in [0.15, 0.2) is 0 Å². The SMILES string of the molecule is COc1cccc(NC(=O)CN(C)C(=O)[C@H]2C[C@H]3C=C[C@H]2C3)c1. The number of hydrogen-bond donors (Lipinski definition) is 1. The Morgan fingerprint density at radius 2 is 2.13 bits per heavy atom. The van der Waals surface area contributed by atoms with Crippen molar-refractivity contribution in [3.8, 4) is 5.75 Å². The van der Waals surface area contributed by atoms with Gasteiger partial charge in [0.05, 0.1) is 13.7 Å². The first kappa shape index (κ1) is 15.6. The predicted octanol–water partition coefficient (Wildman–Crippen LogP) is 2.30. The van der Waals surface area contributed by atoms with Gasteiger partial charge in [0.25, 0.3) is 0 Å². The molecule has 0 aromatic heterocycles. The van der Waals surface area contributed by atoms with Crippen LogP contribution < -0.4 is 10.1 Å². The van der Waals surface area contributed by atoms with Gasteiger partial charge in [-0.25, -0.2) is 0 Å². The number of hydrogen-bond acceptors (Lipinski definition) is 3. The van der Waals surface area contributed by atoms with Gasteiger partial charge in [-0.15, -0.1) is 0 Å². The first-order valence-electron chi connectivity index (χ1n) is 7.94. The van der Waals surface area contributed by atoms with Crippen LogP contribution in [-0.4, -0.2) is 37.4 Å². The lowest BCUT2D eigenvalue weighted by Crippen LogP contribution is -2.39. The molecule has 2 aliphatic carbocycles. The van der Waals surface area contributed by atoms with E-state index in [1.54, 1.807) is 26.3 Å². The lowest BCUT2D eigenvalue weighted by molar-refractivity contribution is -0.137. The Morgan fingerprint density at radius 1 is 1.30 bits per heavy atom. The molecule has 0 unspecified atom stereocenters. The summed E-state index contributed by atoms with van der Waals surface area (Å²) in [6.07, 6.45) is 6.37. The highest BCUT2D eigenvalue weighted by molar-refractivity contribution is 5.95. The molecule has 0 aliphatic heterocycles. The lowest BCUT2D eigenvalue weighted by atomic mass is 9.92. The molecule has 2 bridgehead atoms. The van der Waals surface area contributed by atoms with E-state index in [-0.39, 0.29) is 24.3 Å². The molecule has 2 aliphatic rings. The number of rotatable bonds is 5. The van der Waals surface area contributed by atoms with Gasteiger partial charge in [0, 0.05) is 24.7 Å². The largest absolute Gasteiger partial charge is 0.497 e. The molecule has 5 nitrogen and oxygen atoms in total. The van der Waals surface area contributed by atoms with Crippen LogP contribution in [0.2, 0.25) is 0 Å². The Balaban J connectivity index is 1.54. The zero-order valence-corrected chi connectivity index (χ0v) is 13.5. The number of amides is 2. The summed E-state index contributed by atoms with van der Waals surface area (Å²) in [7, 11) is 3.28. The second-order valence-corrected chi connectivity index (χ2v) is 6.36. The fraction of sp³-hybridized carbons (Fsp3) is 0.444. The standard InChI is InChI=1S/C18H22N2O3/c1-20(18(22)16-9-12-6-7-13(16)8-12)11-17(21)19-14-4-3-5-15(10-14)23-2/h3-7,10,12-13,16H,8-9,11H2,1-2H3,(H,19,21)/t12-,13-,16-/m0/s1. The maximum Gasteiger partial charge on any atom is 0.243 e. The van der Waals surface area contributed by atoms with Crippen LogP contribution in [0.4, 0.5) is 5.69 Å². The van der Waals surface area contributed by atoms with Crippen molar-refractivity contribution in [1.29, 1.82) is 0 Å². The predicted molar refractivity (Wildman–Crippen MR) is 88.1 cm³/mol. The van der Waals surface area contributed by atoms with E-state index in [1.807, 2.05) is 12.1 Å². The number of ether oxygens (including phenoxy) is 1. The van der Waals surface area contributed by atoms with Gasteiger partial charge in [0.1, 0.15) is 5.75 Å². The molecule has 1 aromatic rings. The second kappa shape index (κ2) is 6.44. The molecule has 0 heterocycles. The summed E-state index contributed by atoms with van der Waals surface area (Å²) in [5.74, 6) is 1.50. The number of nitrogens with zero attached hydrogens (tertiary/aromatic N) is 1. The van der Waals surface area contributed by atoms with Crippen LogP contribution in [0.5, 0.6) is 5.75 Å². The minimum atomic E-state index is -0.201. The fourth-order valence-corrected chi connectivity index (χ4v) is 3.54. The van der Waals surface area contributed by atoms with E-state index in [0.29, 0.717) is 23.3 Å². The molecule has 1 saturated carbocycles. The van der Waals surface area contributed by atoms with Crippen molar-refractivity contribution in [1.82, 2.24) is 4.90 Å². The van der Waals surface area contributed by atoms with Crippen LogP contribution in [0.25, 0.3) is 0 Å². The van der Waals surface area contributed by atoms with E-state index >= 15 is 0 Å². The molecule has 3 rings (SSSR count). The van der Waals surface area contributed by atoms with E-state index in [0.717, 1.165) is 12.8 Å². The fourth-order valence-electron chi connectivity index (χ4n) is 3.54. The zero-order valence-electron chi connectivity index (χ0n) is 13.5. The number of anilines is 1. The Morgan fingerprint density at radius 3 is 2.78 bits per heavy atom. The zero-order chi connectivity index (χ0) is 16.4. The van der Waals surface area contributed by atoms with Crippen LogP contribution in [0, 0.1) is 17.8 Å². The van der Waals surface area contributed by atoms with Crippen molar-refractivity contribution < 1.29 is 14.3 Å². The second-order valence-electron chi connectivity index (χ2n) is 6.36. The molecular weight excluding hydrogens is 292 g/mol. The van der Waals surface area contributed by atoms with Gasteiger partial charge >= 0.3 is 0 Å². The monoisotopic (exact) mass is 314 g/mol. The molecule has 2 amide bonds. The highest BCUT2D eigenvalue weighted by atomic mass is 16.5. The maximum absolute atomic E-state index is 12.5. The number of benzene rings is 1. The van der Waals surface area contributed by atoms with Crippen molar-refractivity contribution in [3.05, 3.63) is 36.4 Å². The number of carbonyl (C=O) groups excluding carboxylic acids is 2. The van der Waals surface area contributed by atoms with E-state index in [2.05, 4.69) is 17.5 Å². The number of allylic oxidation sites excluding steroid dienone is 2. The number of likely N-dealkylation sites (N-methyl/N-ethyl adjacent to an activating group) is 1. The minimum Gasteiger partial charge on any atom is -0.497 e. The minimum absolute atomic E-state index is 0.0413. The van der Waals surface area contributed by atoms with Crippen molar-refractivity contribution >= 4 is 17.5 Å². The summed E-state index contributed by atoms with van der Waals surface area (Å²) in [4.78, 5) is 26.2. The van der Waals surface area contributed by atoms with Crippen molar-refractivity contribution in [2.45, 2.75) is 12.8 Å². The molecule has 0 spiro atoms. The van der Waals surface area contributed by atoms with Crippen molar-refractivity contribution in [2.24, 2.45) is 17.8 Å². The van der Waals surface area contributed by atoms with E-state index in [4.69, 9.17) is 4.74 Å². The van der Waals surface area contributed by atoms with E-state index in [9.17, 15) is 9.59 Å². The van der Waals surface area contributed by atoms with Crippen LogP contribution in [0.1, 0.15) is 12.8 Å². The average molecular weight is 314 g/mol. The summed E-state index contributed by atoms with van der Waals surface area (Å²) in [6.45, 7) is 0.0631. The third kappa shape index (κ3) is 3.38. The number of fused-ring (bicyclic) bond motifs is 2. The first-order valence-corrected chi connectivity index (χ1v) is 7.94. The molecule has 23 heavy (non-hydrogen) atoms.